The van der Waals surface area contributed by atoms with Crippen LogP contribution in [0.25, 0.3) is 0 Å². The van der Waals surface area contributed by atoms with Gasteiger partial charge in [-0.3, -0.25) is 15.1 Å². The quantitative estimate of drug-likeness (QED) is 0.398. The normalized spacial score (nSPS) is 18.5. The van der Waals surface area contributed by atoms with Crippen LogP contribution >= 0.6 is 23.1 Å². The fourth-order valence-electron chi connectivity index (χ4n) is 3.52. The van der Waals surface area contributed by atoms with E-state index in [1.165, 1.54) is 23.1 Å². The molecule has 2 N–H and O–H groups in total. The first-order chi connectivity index (χ1) is 15.0. The Hall–Kier alpha value is -2.17. The number of aromatic nitrogens is 2. The average molecular weight is 465 g/mol. The summed E-state index contributed by atoms with van der Waals surface area (Å²) >= 11 is 2.48. The number of amides is 2. The summed E-state index contributed by atoms with van der Waals surface area (Å²) in [6, 6.07) is 3.83. The molecule has 0 saturated heterocycles. The molecule has 3 rings (SSSR count). The molecule has 2 aromatic rings. The van der Waals surface area contributed by atoms with E-state index in [4.69, 9.17) is 9.84 Å². The third-order valence-electron chi connectivity index (χ3n) is 5.19. The lowest BCUT2D eigenvalue weighted by Gasteiger charge is -2.36. The number of nitrogens with zero attached hydrogens (tertiary/aromatic N) is 3. The van der Waals surface area contributed by atoms with Crippen molar-refractivity contribution in [1.29, 1.82) is 0 Å². The van der Waals surface area contributed by atoms with Gasteiger partial charge in [-0.1, -0.05) is 24.3 Å². The highest BCUT2D eigenvalue weighted by Crippen LogP contribution is 2.30. The molecule has 0 atom stereocenters. The SMILES string of the molecule is C[C@H]1CC[C@H](N(CCOCc2cccnc2)C(=O)Nc2ncc(SCC(=O)O)s2)CC1. The van der Waals surface area contributed by atoms with E-state index in [1.807, 2.05) is 17.0 Å². The van der Waals surface area contributed by atoms with E-state index in [9.17, 15) is 9.59 Å². The maximum Gasteiger partial charge on any atom is 0.323 e. The minimum absolute atomic E-state index is 0.0315. The number of hydrogen-bond acceptors (Lipinski definition) is 7. The first-order valence-electron chi connectivity index (χ1n) is 10.4. The number of anilines is 1. The molecule has 2 aromatic heterocycles. The summed E-state index contributed by atoms with van der Waals surface area (Å²) in [6.07, 6.45) is 9.27. The van der Waals surface area contributed by atoms with Gasteiger partial charge in [0.15, 0.2) is 5.13 Å². The molecule has 1 aliphatic rings. The second-order valence-corrected chi connectivity index (χ2v) is 9.92. The zero-order valence-corrected chi connectivity index (χ0v) is 19.2. The van der Waals surface area contributed by atoms with Gasteiger partial charge in [-0.2, -0.15) is 0 Å². The van der Waals surface area contributed by atoms with Crippen LogP contribution in [-0.4, -0.2) is 56.9 Å². The van der Waals surface area contributed by atoms with Crippen LogP contribution in [0.15, 0.2) is 34.9 Å². The summed E-state index contributed by atoms with van der Waals surface area (Å²) < 4.78 is 6.55. The van der Waals surface area contributed by atoms with Gasteiger partial charge >= 0.3 is 12.0 Å². The molecule has 0 bridgehead atoms. The molecule has 31 heavy (non-hydrogen) atoms. The Morgan fingerprint density at radius 2 is 2.13 bits per heavy atom. The number of ether oxygens (including phenoxy) is 1. The molecule has 8 nitrogen and oxygen atoms in total. The van der Waals surface area contributed by atoms with Crippen molar-refractivity contribution in [3.05, 3.63) is 36.3 Å². The molecule has 0 aromatic carbocycles. The van der Waals surface area contributed by atoms with Gasteiger partial charge in [0.25, 0.3) is 0 Å². The van der Waals surface area contributed by atoms with Crippen LogP contribution in [0.3, 0.4) is 0 Å². The Bertz CT molecular complexity index is 841. The molecule has 0 radical (unpaired) electrons. The molecule has 1 saturated carbocycles. The number of thiazole rings is 1. The lowest BCUT2D eigenvalue weighted by Crippen LogP contribution is -2.46. The van der Waals surface area contributed by atoms with Crippen LogP contribution in [0.4, 0.5) is 9.93 Å². The number of carboxylic acids is 1. The number of aliphatic carboxylic acids is 1. The molecular formula is C21H28N4O4S2. The third-order valence-corrected chi connectivity index (χ3v) is 7.28. The summed E-state index contributed by atoms with van der Waals surface area (Å²) in [5.74, 6) is -0.222. The topological polar surface area (TPSA) is 105 Å². The zero-order valence-electron chi connectivity index (χ0n) is 17.5. The van der Waals surface area contributed by atoms with Crippen molar-refractivity contribution in [2.24, 2.45) is 5.92 Å². The number of nitrogens with one attached hydrogen (secondary N) is 1. The van der Waals surface area contributed by atoms with Crippen molar-refractivity contribution >= 4 is 40.2 Å². The maximum absolute atomic E-state index is 13.0. The molecule has 0 aliphatic heterocycles. The molecule has 1 aliphatic carbocycles. The lowest BCUT2D eigenvalue weighted by molar-refractivity contribution is -0.133. The first kappa shape index (κ1) is 23.5. The van der Waals surface area contributed by atoms with Gasteiger partial charge < -0.3 is 14.7 Å². The highest BCUT2D eigenvalue weighted by Gasteiger charge is 2.28. The van der Waals surface area contributed by atoms with Gasteiger partial charge in [0.2, 0.25) is 0 Å². The van der Waals surface area contributed by atoms with Crippen molar-refractivity contribution in [2.45, 2.75) is 49.5 Å². The second kappa shape index (κ2) is 12.0. The maximum atomic E-state index is 13.0. The summed E-state index contributed by atoms with van der Waals surface area (Å²) in [4.78, 5) is 33.9. The van der Waals surface area contributed by atoms with Gasteiger partial charge in [0.1, 0.15) is 0 Å². The smallest absolute Gasteiger partial charge is 0.323 e. The van der Waals surface area contributed by atoms with Gasteiger partial charge in [0, 0.05) is 25.0 Å². The fraction of sp³-hybridized carbons (Fsp3) is 0.524. The van der Waals surface area contributed by atoms with Crippen molar-refractivity contribution in [1.82, 2.24) is 14.9 Å². The van der Waals surface area contributed by atoms with Gasteiger partial charge in [-0.15, -0.1) is 11.8 Å². The Morgan fingerprint density at radius 3 is 2.84 bits per heavy atom. The fourth-order valence-corrected chi connectivity index (χ4v) is 5.10. The molecule has 0 spiro atoms. The monoisotopic (exact) mass is 464 g/mol. The van der Waals surface area contributed by atoms with Crippen LogP contribution in [-0.2, 0) is 16.1 Å². The highest BCUT2D eigenvalue weighted by molar-refractivity contribution is 8.01. The molecule has 2 amide bonds. The van der Waals surface area contributed by atoms with E-state index in [1.54, 1.807) is 18.6 Å². The van der Waals surface area contributed by atoms with Crippen molar-refractivity contribution in [2.75, 3.05) is 24.2 Å². The molecule has 0 unspecified atom stereocenters. The molecule has 1 fully saturated rings. The van der Waals surface area contributed by atoms with E-state index in [0.29, 0.717) is 30.8 Å². The van der Waals surface area contributed by atoms with Crippen molar-refractivity contribution in [3.63, 3.8) is 0 Å². The summed E-state index contributed by atoms with van der Waals surface area (Å²) in [7, 11) is 0. The zero-order chi connectivity index (χ0) is 22.1. The van der Waals surface area contributed by atoms with Gasteiger partial charge in [-0.05, 0) is 43.2 Å². The predicted octanol–water partition coefficient (Wildman–Crippen LogP) is 4.34. The first-order valence-corrected chi connectivity index (χ1v) is 12.2. The van der Waals surface area contributed by atoms with Crippen LogP contribution in [0.2, 0.25) is 0 Å². The van der Waals surface area contributed by atoms with Crippen LogP contribution in [0, 0.1) is 5.92 Å². The number of urea groups is 1. The van der Waals surface area contributed by atoms with Gasteiger partial charge in [0.05, 0.1) is 29.4 Å². The van der Waals surface area contributed by atoms with E-state index in [-0.39, 0.29) is 17.8 Å². The number of hydrogen-bond donors (Lipinski definition) is 2. The van der Waals surface area contributed by atoms with Crippen LogP contribution in [0.1, 0.15) is 38.2 Å². The minimum atomic E-state index is -0.882. The van der Waals surface area contributed by atoms with Gasteiger partial charge in [-0.25, -0.2) is 9.78 Å². The van der Waals surface area contributed by atoms with Crippen molar-refractivity contribution in [3.8, 4) is 0 Å². The molecule has 2 heterocycles. The summed E-state index contributed by atoms with van der Waals surface area (Å²) in [5, 5.41) is 12.2. The predicted molar refractivity (Wildman–Crippen MR) is 122 cm³/mol. The van der Waals surface area contributed by atoms with E-state index in [0.717, 1.165) is 35.5 Å². The van der Waals surface area contributed by atoms with E-state index in [2.05, 4.69) is 22.2 Å². The Labute approximate surface area is 190 Å². The summed E-state index contributed by atoms with van der Waals surface area (Å²) in [6.45, 7) is 3.65. The largest absolute Gasteiger partial charge is 0.481 e. The number of pyridine rings is 1. The third kappa shape index (κ3) is 7.79. The number of thioether (sulfide) groups is 1. The van der Waals surface area contributed by atoms with E-state index < -0.39 is 5.97 Å². The number of carboxylic acid groups (broad SMARTS) is 1. The molecule has 168 valence electrons. The number of carbonyl (C=O) groups excluding carboxylic acids is 1. The Balaban J connectivity index is 1.56. The Kier molecular flexibility index (Phi) is 9.11. The average Bonchev–Trinajstić information content (AvgIpc) is 3.21. The number of rotatable bonds is 10. The van der Waals surface area contributed by atoms with E-state index >= 15 is 0 Å². The van der Waals surface area contributed by atoms with Crippen LogP contribution in [0.5, 0.6) is 0 Å². The van der Waals surface area contributed by atoms with Crippen molar-refractivity contribution < 1.29 is 19.4 Å². The Morgan fingerprint density at radius 1 is 1.32 bits per heavy atom. The summed E-state index contributed by atoms with van der Waals surface area (Å²) in [5.41, 5.74) is 0.999. The number of carbonyl (C=O) groups is 2. The molecular weight excluding hydrogens is 436 g/mol. The standard InChI is InChI=1S/C21H28N4O4S2/c1-15-4-6-17(7-5-15)25(9-10-29-13-16-3-2-8-22-11-16)21(28)24-20-23-12-19(31-20)30-14-18(26)27/h2-3,8,11-12,15,17H,4-7,9-10,13-14H2,1H3,(H,26,27)(H,23,24,28)/t15-,17-. The van der Waals surface area contributed by atoms with Crippen LogP contribution < -0.4 is 5.32 Å². The minimum Gasteiger partial charge on any atom is -0.481 e. The lowest BCUT2D eigenvalue weighted by atomic mass is 9.86. The second-order valence-electron chi connectivity index (χ2n) is 7.62. The molecule has 10 heteroatoms. The highest BCUT2D eigenvalue weighted by atomic mass is 32.2.